The summed E-state index contributed by atoms with van der Waals surface area (Å²) < 4.78 is 0. The molecule has 1 unspecified atom stereocenters. The highest BCUT2D eigenvalue weighted by molar-refractivity contribution is 7.60. The van der Waals surface area contributed by atoms with E-state index in [4.69, 9.17) is 0 Å². The number of allylic oxidation sites excluding steroid dienone is 2. The van der Waals surface area contributed by atoms with Crippen molar-refractivity contribution in [3.8, 4) is 0 Å². The van der Waals surface area contributed by atoms with Crippen molar-refractivity contribution in [2.45, 2.75) is 126 Å². The molecule has 2 heteroatoms. The lowest BCUT2D eigenvalue weighted by atomic mass is 9.94. The number of hydrogen-bond acceptors (Lipinski definition) is 0. The molecule has 2 saturated carbocycles. The molecule has 0 N–H and O–H groups in total. The second-order valence-corrected chi connectivity index (χ2v) is 13.5. The van der Waals surface area contributed by atoms with Crippen molar-refractivity contribution >= 4 is 17.2 Å². The fourth-order valence-electron chi connectivity index (χ4n) is 6.62. The Morgan fingerprint density at radius 1 is 0.800 bits per heavy atom. The standard InChI is InChI=1S/C23H40P2/c1-17(24)22-16-18-10-8-9-15-21(18)23(22)25(19-11-4-2-5-12-19)20-13-6-3-7-14-20/h17,19-20,22-23H,2-16,24H2,1H3/t17-,22+,23+/m1/s1. The van der Waals surface area contributed by atoms with Gasteiger partial charge in [0, 0.05) is 5.66 Å². The Morgan fingerprint density at radius 2 is 1.36 bits per heavy atom. The molecule has 0 bridgehead atoms. The van der Waals surface area contributed by atoms with Crippen molar-refractivity contribution in [2.24, 2.45) is 5.92 Å². The van der Waals surface area contributed by atoms with Crippen molar-refractivity contribution in [3.05, 3.63) is 11.1 Å². The summed E-state index contributed by atoms with van der Waals surface area (Å²) in [5, 5.41) is 0. The Hall–Kier alpha value is 0.600. The van der Waals surface area contributed by atoms with Crippen LogP contribution in [0.5, 0.6) is 0 Å². The lowest BCUT2D eigenvalue weighted by Gasteiger charge is -2.46. The van der Waals surface area contributed by atoms with E-state index in [1.807, 2.05) is 11.1 Å². The average Bonchev–Trinajstić information content (AvgIpc) is 3.04. The summed E-state index contributed by atoms with van der Waals surface area (Å²) in [5.74, 6) is 0.975. The molecular formula is C23H40P2. The zero-order valence-electron chi connectivity index (χ0n) is 16.5. The minimum atomic E-state index is 0.215. The summed E-state index contributed by atoms with van der Waals surface area (Å²) in [6.07, 6.45) is 22.9. The van der Waals surface area contributed by atoms with Crippen LogP contribution in [0, 0.1) is 5.92 Å². The van der Waals surface area contributed by atoms with Crippen LogP contribution in [-0.2, 0) is 0 Å². The van der Waals surface area contributed by atoms with Crippen LogP contribution >= 0.6 is 17.2 Å². The zero-order valence-corrected chi connectivity index (χ0v) is 18.6. The van der Waals surface area contributed by atoms with Gasteiger partial charge in [0.1, 0.15) is 0 Å². The molecule has 2 fully saturated rings. The smallest absolute Gasteiger partial charge is 0.00453 e. The van der Waals surface area contributed by atoms with E-state index in [0.29, 0.717) is 0 Å². The van der Waals surface area contributed by atoms with E-state index >= 15 is 0 Å². The highest BCUT2D eigenvalue weighted by atomic mass is 31.1. The minimum Gasteiger partial charge on any atom is -0.134 e. The van der Waals surface area contributed by atoms with Crippen molar-refractivity contribution in [1.29, 1.82) is 0 Å². The van der Waals surface area contributed by atoms with Gasteiger partial charge in [0.25, 0.3) is 0 Å². The summed E-state index contributed by atoms with van der Waals surface area (Å²) in [6, 6.07) is 0. The van der Waals surface area contributed by atoms with Crippen LogP contribution in [0.1, 0.15) is 103 Å². The molecule has 4 atom stereocenters. The van der Waals surface area contributed by atoms with Gasteiger partial charge < -0.3 is 0 Å². The fraction of sp³-hybridized carbons (Fsp3) is 0.913. The fourth-order valence-corrected chi connectivity index (χ4v) is 12.1. The van der Waals surface area contributed by atoms with Gasteiger partial charge in [-0.2, -0.15) is 0 Å². The van der Waals surface area contributed by atoms with Crippen molar-refractivity contribution in [1.82, 2.24) is 0 Å². The third-order valence-electron chi connectivity index (χ3n) is 7.86. The van der Waals surface area contributed by atoms with Gasteiger partial charge in [0.2, 0.25) is 0 Å². The Bertz CT molecular complexity index is 450. The number of hydrogen-bond donors (Lipinski definition) is 0. The van der Waals surface area contributed by atoms with E-state index in [9.17, 15) is 0 Å². The highest BCUT2D eigenvalue weighted by Gasteiger charge is 2.46. The van der Waals surface area contributed by atoms with Crippen LogP contribution in [0.3, 0.4) is 0 Å². The molecule has 25 heavy (non-hydrogen) atoms. The quantitative estimate of drug-likeness (QED) is 0.348. The first kappa shape index (κ1) is 18.9. The van der Waals surface area contributed by atoms with Crippen molar-refractivity contribution in [2.75, 3.05) is 0 Å². The van der Waals surface area contributed by atoms with E-state index in [1.165, 1.54) is 70.6 Å². The first-order valence-corrected chi connectivity index (χ1v) is 13.7. The van der Waals surface area contributed by atoms with Crippen molar-refractivity contribution in [3.63, 3.8) is 0 Å². The molecule has 0 aromatic carbocycles. The van der Waals surface area contributed by atoms with Gasteiger partial charge in [-0.25, -0.2) is 0 Å². The maximum atomic E-state index is 3.23. The highest BCUT2D eigenvalue weighted by Crippen LogP contribution is 2.66. The molecule has 0 heterocycles. The van der Waals surface area contributed by atoms with Gasteiger partial charge in [-0.05, 0) is 80.7 Å². The molecule has 0 radical (unpaired) electrons. The van der Waals surface area contributed by atoms with Gasteiger partial charge in [0.15, 0.2) is 0 Å². The molecule has 0 aliphatic heterocycles. The summed E-state index contributed by atoms with van der Waals surface area (Å²) in [4.78, 5) is 0. The van der Waals surface area contributed by atoms with Gasteiger partial charge in [-0.3, -0.25) is 0 Å². The third kappa shape index (κ3) is 4.06. The average molecular weight is 379 g/mol. The Labute approximate surface area is 160 Å². The molecule has 0 nitrogen and oxygen atoms in total. The molecule has 142 valence electrons. The van der Waals surface area contributed by atoms with Crippen LogP contribution in [0.4, 0.5) is 0 Å². The van der Waals surface area contributed by atoms with Gasteiger partial charge in [0.05, 0.1) is 0 Å². The second kappa shape index (κ2) is 8.74. The first-order chi connectivity index (χ1) is 12.3. The molecule has 4 rings (SSSR count). The van der Waals surface area contributed by atoms with Crippen molar-refractivity contribution < 1.29 is 0 Å². The molecule has 0 aromatic heterocycles. The van der Waals surface area contributed by atoms with E-state index < -0.39 is 0 Å². The summed E-state index contributed by atoms with van der Waals surface area (Å²) >= 11 is 0. The SMILES string of the molecule is C[C@@H](P)[C@@H]1CC2=C(CCCC2)[C@@H]1P(C1CCCCC1)C1CCCCC1. The van der Waals surface area contributed by atoms with Crippen LogP contribution in [0.2, 0.25) is 0 Å². The lowest BCUT2D eigenvalue weighted by molar-refractivity contribution is 0.470. The molecule has 4 aliphatic rings. The zero-order chi connectivity index (χ0) is 17.2. The third-order valence-corrected chi connectivity index (χ3v) is 12.4. The normalized spacial score (nSPS) is 33.7. The monoisotopic (exact) mass is 378 g/mol. The van der Waals surface area contributed by atoms with Crippen LogP contribution in [0.15, 0.2) is 11.1 Å². The maximum absolute atomic E-state index is 3.23. The molecule has 4 aliphatic carbocycles. The van der Waals surface area contributed by atoms with Crippen LogP contribution in [0.25, 0.3) is 0 Å². The molecular weight excluding hydrogens is 338 g/mol. The first-order valence-electron chi connectivity index (χ1n) is 11.5. The topological polar surface area (TPSA) is 0 Å². The minimum absolute atomic E-state index is 0.215. The summed E-state index contributed by atoms with van der Waals surface area (Å²) in [7, 11) is 3.44. The van der Waals surface area contributed by atoms with E-state index in [0.717, 1.165) is 28.6 Å². The molecule has 0 saturated heterocycles. The Balaban J connectivity index is 1.66. The van der Waals surface area contributed by atoms with Gasteiger partial charge in [-0.15, -0.1) is 9.24 Å². The number of rotatable bonds is 4. The lowest BCUT2D eigenvalue weighted by Crippen LogP contribution is -2.32. The van der Waals surface area contributed by atoms with Gasteiger partial charge in [-0.1, -0.05) is 64.5 Å². The predicted molar refractivity (Wildman–Crippen MR) is 117 cm³/mol. The Kier molecular flexibility index (Phi) is 6.62. The van der Waals surface area contributed by atoms with Crippen LogP contribution < -0.4 is 0 Å². The maximum Gasteiger partial charge on any atom is 0.00453 e. The predicted octanol–water partition coefficient (Wildman–Crippen LogP) is 7.66. The largest absolute Gasteiger partial charge is 0.134 e. The van der Waals surface area contributed by atoms with Crippen LogP contribution in [-0.4, -0.2) is 22.6 Å². The second-order valence-electron chi connectivity index (χ2n) is 9.54. The van der Waals surface area contributed by atoms with E-state index in [2.05, 4.69) is 16.2 Å². The Morgan fingerprint density at radius 3 is 1.92 bits per heavy atom. The van der Waals surface area contributed by atoms with E-state index in [-0.39, 0.29) is 7.92 Å². The molecule has 0 spiro atoms. The molecule has 0 amide bonds. The van der Waals surface area contributed by atoms with E-state index in [1.54, 1.807) is 25.7 Å². The summed E-state index contributed by atoms with van der Waals surface area (Å²) in [5.41, 5.74) is 8.08. The van der Waals surface area contributed by atoms with Gasteiger partial charge >= 0.3 is 0 Å². The summed E-state index contributed by atoms with van der Waals surface area (Å²) in [6.45, 7) is 2.51. The molecule has 0 aromatic rings.